The van der Waals surface area contributed by atoms with Gasteiger partial charge in [-0.1, -0.05) is 25.5 Å². The Morgan fingerprint density at radius 1 is 1.12 bits per heavy atom. The van der Waals surface area contributed by atoms with Gasteiger partial charge in [-0.05, 0) is 42.3 Å². The lowest BCUT2D eigenvalue weighted by atomic mass is 10.1. The molecular formula is C20H22O5. The van der Waals surface area contributed by atoms with E-state index in [1.807, 2.05) is 0 Å². The molecule has 5 heteroatoms. The predicted octanol–water partition coefficient (Wildman–Crippen LogP) is 4.18. The third kappa shape index (κ3) is 5.01. The van der Waals surface area contributed by atoms with Gasteiger partial charge in [0.15, 0.2) is 17.3 Å². The van der Waals surface area contributed by atoms with Crippen molar-refractivity contribution in [3.05, 3.63) is 53.6 Å². The number of hydrogen-bond acceptors (Lipinski definition) is 5. The van der Waals surface area contributed by atoms with Crippen LogP contribution in [0.5, 0.6) is 23.0 Å². The zero-order chi connectivity index (χ0) is 18.2. The van der Waals surface area contributed by atoms with Crippen LogP contribution in [0.25, 0.3) is 6.08 Å². The first-order chi connectivity index (χ1) is 12.0. The van der Waals surface area contributed by atoms with Crippen LogP contribution in [0.1, 0.15) is 35.7 Å². The molecule has 0 radical (unpaired) electrons. The molecular weight excluding hydrogens is 320 g/mol. The molecule has 0 aromatic heterocycles. The largest absolute Gasteiger partial charge is 0.507 e. The molecule has 2 aromatic rings. The van der Waals surface area contributed by atoms with Crippen LogP contribution in [-0.4, -0.2) is 29.7 Å². The van der Waals surface area contributed by atoms with Crippen LogP contribution in [0.2, 0.25) is 0 Å². The first kappa shape index (κ1) is 18.4. The molecule has 5 nitrogen and oxygen atoms in total. The van der Waals surface area contributed by atoms with Crippen LogP contribution in [0, 0.1) is 0 Å². The lowest BCUT2D eigenvalue weighted by molar-refractivity contribution is 0.104. The summed E-state index contributed by atoms with van der Waals surface area (Å²) in [6, 6.07) is 9.42. The van der Waals surface area contributed by atoms with Crippen molar-refractivity contribution in [3.8, 4) is 23.0 Å². The topological polar surface area (TPSA) is 76.0 Å². The Kier molecular flexibility index (Phi) is 6.46. The van der Waals surface area contributed by atoms with E-state index >= 15 is 0 Å². The second-order valence-electron chi connectivity index (χ2n) is 5.51. The summed E-state index contributed by atoms with van der Waals surface area (Å²) in [6.45, 7) is 2.64. The number of carbonyl (C=O) groups is 1. The molecule has 0 amide bonds. The third-order valence-corrected chi connectivity index (χ3v) is 3.63. The summed E-state index contributed by atoms with van der Waals surface area (Å²) in [5.74, 6) is 0.444. The highest BCUT2D eigenvalue weighted by Gasteiger charge is 2.10. The quantitative estimate of drug-likeness (QED) is 0.427. The SMILES string of the molecule is CCCCOc1ccc(C(=O)/C=C/c2ccc(O)c(OC)c2)c(O)c1. The number of hydrogen-bond donors (Lipinski definition) is 2. The van der Waals surface area contributed by atoms with Crippen LogP contribution in [0.3, 0.4) is 0 Å². The van der Waals surface area contributed by atoms with Crippen LogP contribution >= 0.6 is 0 Å². The highest BCUT2D eigenvalue weighted by Crippen LogP contribution is 2.27. The van der Waals surface area contributed by atoms with Gasteiger partial charge in [-0.3, -0.25) is 4.79 Å². The molecule has 0 aliphatic carbocycles. The maximum Gasteiger partial charge on any atom is 0.189 e. The van der Waals surface area contributed by atoms with Crippen molar-refractivity contribution >= 4 is 11.9 Å². The summed E-state index contributed by atoms with van der Waals surface area (Å²) in [4.78, 5) is 12.3. The number of methoxy groups -OCH3 is 1. The van der Waals surface area contributed by atoms with Gasteiger partial charge in [-0.2, -0.15) is 0 Å². The number of benzene rings is 2. The van der Waals surface area contributed by atoms with Crippen molar-refractivity contribution in [2.75, 3.05) is 13.7 Å². The standard InChI is InChI=1S/C20H22O5/c1-3-4-11-25-15-7-8-16(19(23)13-15)17(21)9-5-14-6-10-18(22)20(12-14)24-2/h5-10,12-13,22-23H,3-4,11H2,1-2H3/b9-5+. The Morgan fingerprint density at radius 3 is 2.60 bits per heavy atom. The van der Waals surface area contributed by atoms with E-state index in [9.17, 15) is 15.0 Å². The van der Waals surface area contributed by atoms with Gasteiger partial charge >= 0.3 is 0 Å². The fourth-order valence-corrected chi connectivity index (χ4v) is 2.20. The molecule has 0 atom stereocenters. The average Bonchev–Trinajstić information content (AvgIpc) is 2.61. The summed E-state index contributed by atoms with van der Waals surface area (Å²) < 4.78 is 10.5. The van der Waals surface area contributed by atoms with Gasteiger partial charge in [0.1, 0.15) is 11.5 Å². The Labute approximate surface area is 147 Å². The first-order valence-electron chi connectivity index (χ1n) is 8.10. The van der Waals surface area contributed by atoms with Gasteiger partial charge in [0, 0.05) is 6.07 Å². The van der Waals surface area contributed by atoms with Gasteiger partial charge in [-0.25, -0.2) is 0 Å². The monoisotopic (exact) mass is 342 g/mol. The molecule has 0 aliphatic rings. The molecule has 2 rings (SSSR count). The van der Waals surface area contributed by atoms with Gasteiger partial charge in [0.05, 0.1) is 19.3 Å². The zero-order valence-corrected chi connectivity index (χ0v) is 14.4. The second-order valence-corrected chi connectivity index (χ2v) is 5.51. The third-order valence-electron chi connectivity index (χ3n) is 3.63. The molecule has 0 fully saturated rings. The van der Waals surface area contributed by atoms with E-state index in [-0.39, 0.29) is 22.8 Å². The van der Waals surface area contributed by atoms with E-state index in [1.54, 1.807) is 30.3 Å². The normalized spacial score (nSPS) is 10.8. The van der Waals surface area contributed by atoms with E-state index < -0.39 is 0 Å². The molecule has 0 bridgehead atoms. The van der Waals surface area contributed by atoms with E-state index in [4.69, 9.17) is 9.47 Å². The van der Waals surface area contributed by atoms with Crippen LogP contribution in [-0.2, 0) is 0 Å². The van der Waals surface area contributed by atoms with Crippen LogP contribution in [0.4, 0.5) is 0 Å². The first-order valence-corrected chi connectivity index (χ1v) is 8.10. The molecule has 0 heterocycles. The van der Waals surface area contributed by atoms with Crippen molar-refractivity contribution in [3.63, 3.8) is 0 Å². The lowest BCUT2D eigenvalue weighted by Gasteiger charge is -2.07. The summed E-state index contributed by atoms with van der Waals surface area (Å²) >= 11 is 0. The molecule has 0 spiro atoms. The highest BCUT2D eigenvalue weighted by molar-refractivity contribution is 6.08. The number of ketones is 1. The maximum atomic E-state index is 12.3. The number of rotatable bonds is 8. The molecule has 132 valence electrons. The minimum atomic E-state index is -0.329. The Hall–Kier alpha value is -2.95. The van der Waals surface area contributed by atoms with Gasteiger partial charge < -0.3 is 19.7 Å². The van der Waals surface area contributed by atoms with Crippen LogP contribution < -0.4 is 9.47 Å². The molecule has 25 heavy (non-hydrogen) atoms. The predicted molar refractivity (Wildman–Crippen MR) is 96.5 cm³/mol. The highest BCUT2D eigenvalue weighted by atomic mass is 16.5. The summed E-state index contributed by atoms with van der Waals surface area (Å²) in [5.41, 5.74) is 0.895. The minimum Gasteiger partial charge on any atom is -0.507 e. The maximum absolute atomic E-state index is 12.3. The van der Waals surface area contributed by atoms with Gasteiger partial charge in [-0.15, -0.1) is 0 Å². The molecule has 0 saturated heterocycles. The van der Waals surface area contributed by atoms with E-state index in [1.165, 1.54) is 25.3 Å². The Bertz CT molecular complexity index is 765. The summed E-state index contributed by atoms with van der Waals surface area (Å²) in [7, 11) is 1.45. The van der Waals surface area contributed by atoms with Crippen molar-refractivity contribution < 1.29 is 24.5 Å². The number of aromatic hydroxyl groups is 2. The number of ether oxygens (including phenoxy) is 2. The number of unbranched alkanes of at least 4 members (excludes halogenated alkanes) is 1. The average molecular weight is 342 g/mol. The van der Waals surface area contributed by atoms with Crippen LogP contribution in [0.15, 0.2) is 42.5 Å². The molecule has 0 unspecified atom stereocenters. The number of phenolic OH excluding ortho intramolecular Hbond substituents is 2. The summed E-state index contributed by atoms with van der Waals surface area (Å²) in [5, 5.41) is 19.6. The van der Waals surface area contributed by atoms with E-state index in [0.717, 1.165) is 12.8 Å². The number of phenols is 2. The lowest BCUT2D eigenvalue weighted by Crippen LogP contribution is -1.99. The fourth-order valence-electron chi connectivity index (χ4n) is 2.20. The second kappa shape index (κ2) is 8.78. The molecule has 2 N–H and O–H groups in total. The smallest absolute Gasteiger partial charge is 0.189 e. The molecule has 0 aliphatic heterocycles. The fraction of sp³-hybridized carbons (Fsp3) is 0.250. The summed E-state index contributed by atoms with van der Waals surface area (Å²) in [6.07, 6.45) is 4.91. The van der Waals surface area contributed by atoms with Crippen molar-refractivity contribution in [1.29, 1.82) is 0 Å². The van der Waals surface area contributed by atoms with E-state index in [0.29, 0.717) is 23.7 Å². The van der Waals surface area contributed by atoms with Gasteiger partial charge in [0.2, 0.25) is 0 Å². The van der Waals surface area contributed by atoms with Crippen molar-refractivity contribution in [2.24, 2.45) is 0 Å². The van der Waals surface area contributed by atoms with Gasteiger partial charge in [0.25, 0.3) is 0 Å². The van der Waals surface area contributed by atoms with E-state index in [2.05, 4.69) is 6.92 Å². The Morgan fingerprint density at radius 2 is 1.92 bits per heavy atom. The Balaban J connectivity index is 2.09. The van der Waals surface area contributed by atoms with Crippen molar-refractivity contribution in [1.82, 2.24) is 0 Å². The van der Waals surface area contributed by atoms with Crippen molar-refractivity contribution in [2.45, 2.75) is 19.8 Å². The number of allylic oxidation sites excluding steroid dienone is 1. The molecule has 0 saturated carbocycles. The zero-order valence-electron chi connectivity index (χ0n) is 14.4. The number of carbonyl (C=O) groups excluding carboxylic acids is 1. The minimum absolute atomic E-state index is 0.0299. The molecule has 2 aromatic carbocycles.